The van der Waals surface area contributed by atoms with Crippen molar-refractivity contribution in [3.8, 4) is 5.75 Å². The second kappa shape index (κ2) is 5.97. The summed E-state index contributed by atoms with van der Waals surface area (Å²) in [6.45, 7) is 3.05. The van der Waals surface area contributed by atoms with Crippen LogP contribution in [0.3, 0.4) is 0 Å². The molecule has 0 amide bonds. The van der Waals surface area contributed by atoms with Gasteiger partial charge in [0.1, 0.15) is 17.9 Å². The number of carboxylic acid groups (broad SMARTS) is 1. The molecule has 3 aromatic rings. The zero-order valence-electron chi connectivity index (χ0n) is 15.6. The summed E-state index contributed by atoms with van der Waals surface area (Å²) in [5.74, 6) is -1.68. The molecule has 2 aromatic carbocycles. The summed E-state index contributed by atoms with van der Waals surface area (Å²) < 4.78 is 22.8. The van der Waals surface area contributed by atoms with Crippen molar-refractivity contribution in [2.24, 2.45) is 0 Å². The van der Waals surface area contributed by atoms with E-state index in [2.05, 4.69) is 0 Å². The van der Waals surface area contributed by atoms with Gasteiger partial charge in [-0.15, -0.1) is 0 Å². The zero-order chi connectivity index (χ0) is 20.4. The van der Waals surface area contributed by atoms with E-state index < -0.39 is 17.2 Å². The van der Waals surface area contributed by atoms with Crippen molar-refractivity contribution in [1.82, 2.24) is 4.57 Å². The third-order valence-electron chi connectivity index (χ3n) is 5.64. The number of carboxylic acids is 1. The molecule has 3 heterocycles. The molecule has 1 atom stereocenters. The summed E-state index contributed by atoms with van der Waals surface area (Å²) in [7, 11) is 0. The molecule has 0 bridgehead atoms. The van der Waals surface area contributed by atoms with Crippen LogP contribution >= 0.6 is 0 Å². The average molecular weight is 395 g/mol. The zero-order valence-corrected chi connectivity index (χ0v) is 15.6. The number of nitrogen functional groups attached to an aromatic ring is 1. The summed E-state index contributed by atoms with van der Waals surface area (Å²) in [5, 5.41) is 9.39. The fraction of sp³-hybridized carbons (Fsp3) is 0.238. The summed E-state index contributed by atoms with van der Waals surface area (Å²) in [5.41, 5.74) is 8.18. The number of rotatable bonds is 2. The van der Waals surface area contributed by atoms with E-state index in [4.69, 9.17) is 10.5 Å². The van der Waals surface area contributed by atoms with Crippen molar-refractivity contribution < 1.29 is 19.0 Å². The predicted molar refractivity (Wildman–Crippen MR) is 106 cm³/mol. The monoisotopic (exact) mass is 395 g/mol. The Balaban J connectivity index is 1.75. The summed E-state index contributed by atoms with van der Waals surface area (Å²) in [6.07, 6.45) is 1.32. The second-order valence-electron chi connectivity index (χ2n) is 7.56. The molecule has 2 aliphatic rings. The minimum absolute atomic E-state index is 0.00801. The molecule has 2 aliphatic heterocycles. The third kappa shape index (κ3) is 2.48. The van der Waals surface area contributed by atoms with Crippen LogP contribution < -0.4 is 20.8 Å². The minimum atomic E-state index is -1.34. The molecule has 3 N–H and O–H groups in total. The minimum Gasteiger partial charge on any atom is -0.487 e. The fourth-order valence-corrected chi connectivity index (χ4v) is 4.23. The predicted octanol–water partition coefficient (Wildman–Crippen LogP) is 2.89. The van der Waals surface area contributed by atoms with E-state index in [-0.39, 0.29) is 35.0 Å². The molecule has 0 saturated carbocycles. The van der Waals surface area contributed by atoms with Crippen LogP contribution in [0.4, 0.5) is 15.8 Å². The van der Waals surface area contributed by atoms with Gasteiger partial charge in [0.25, 0.3) is 0 Å². The molecule has 1 aromatic heterocycles. The maximum atomic E-state index is 15.2. The van der Waals surface area contributed by atoms with Crippen LogP contribution in [0.25, 0.3) is 10.9 Å². The lowest BCUT2D eigenvalue weighted by atomic mass is 10.1. The Morgan fingerprint density at radius 3 is 2.79 bits per heavy atom. The first-order valence-electron chi connectivity index (χ1n) is 9.25. The Morgan fingerprint density at radius 2 is 2.03 bits per heavy atom. The molecule has 29 heavy (non-hydrogen) atoms. The van der Waals surface area contributed by atoms with Gasteiger partial charge in [0.2, 0.25) is 5.43 Å². The van der Waals surface area contributed by atoms with Crippen LogP contribution in [-0.2, 0) is 13.1 Å². The lowest BCUT2D eigenvalue weighted by Crippen LogP contribution is -2.28. The highest BCUT2D eigenvalue weighted by atomic mass is 19.1. The van der Waals surface area contributed by atoms with Gasteiger partial charge in [-0.05, 0) is 36.2 Å². The average Bonchev–Trinajstić information content (AvgIpc) is 3.08. The first-order valence-corrected chi connectivity index (χ1v) is 9.25. The number of nitrogens with zero attached hydrogens (tertiary/aromatic N) is 2. The highest BCUT2D eigenvalue weighted by Crippen LogP contribution is 2.44. The molecule has 0 radical (unpaired) electrons. The first kappa shape index (κ1) is 17.5. The normalized spacial score (nSPS) is 17.3. The number of aromatic nitrogens is 1. The van der Waals surface area contributed by atoms with E-state index in [0.717, 1.165) is 17.2 Å². The van der Waals surface area contributed by atoms with Crippen LogP contribution in [0.2, 0.25) is 0 Å². The molecule has 0 fully saturated rings. The third-order valence-corrected chi connectivity index (χ3v) is 5.64. The number of hydrogen-bond donors (Lipinski definition) is 2. The number of aromatic carboxylic acids is 1. The number of nitrogens with two attached hydrogens (primary N) is 1. The van der Waals surface area contributed by atoms with E-state index in [0.29, 0.717) is 24.3 Å². The van der Waals surface area contributed by atoms with Crippen molar-refractivity contribution >= 4 is 28.2 Å². The number of anilines is 2. The maximum absolute atomic E-state index is 15.2. The van der Waals surface area contributed by atoms with Gasteiger partial charge in [-0.25, -0.2) is 9.18 Å². The van der Waals surface area contributed by atoms with Crippen LogP contribution in [-0.4, -0.2) is 22.2 Å². The Bertz CT molecular complexity index is 1270. The van der Waals surface area contributed by atoms with Crippen LogP contribution in [0.1, 0.15) is 34.5 Å². The maximum Gasteiger partial charge on any atom is 0.341 e. The van der Waals surface area contributed by atoms with Crippen molar-refractivity contribution in [2.45, 2.75) is 26.1 Å². The largest absolute Gasteiger partial charge is 0.487 e. The number of carbonyl (C=O) groups is 1. The molecular weight excluding hydrogens is 377 g/mol. The van der Waals surface area contributed by atoms with Gasteiger partial charge in [0.05, 0.1) is 16.9 Å². The molecule has 8 heteroatoms. The Morgan fingerprint density at radius 1 is 1.28 bits per heavy atom. The van der Waals surface area contributed by atoms with Gasteiger partial charge in [-0.3, -0.25) is 4.79 Å². The second-order valence-corrected chi connectivity index (χ2v) is 7.56. The van der Waals surface area contributed by atoms with Crippen molar-refractivity contribution in [1.29, 1.82) is 0 Å². The van der Waals surface area contributed by atoms with Crippen LogP contribution in [0.5, 0.6) is 5.75 Å². The first-order chi connectivity index (χ1) is 13.8. The quantitative estimate of drug-likeness (QED) is 0.648. The Kier molecular flexibility index (Phi) is 3.61. The molecule has 0 saturated heterocycles. The molecule has 0 aliphatic carbocycles. The Labute approximate surface area is 164 Å². The van der Waals surface area contributed by atoms with Gasteiger partial charge in [-0.2, -0.15) is 0 Å². The lowest BCUT2D eigenvalue weighted by Gasteiger charge is -2.31. The number of pyridine rings is 1. The van der Waals surface area contributed by atoms with Gasteiger partial charge in [0, 0.05) is 25.0 Å². The van der Waals surface area contributed by atoms with Crippen molar-refractivity contribution in [3.05, 3.63) is 63.2 Å². The van der Waals surface area contributed by atoms with Crippen LogP contribution in [0, 0.1) is 5.82 Å². The highest BCUT2D eigenvalue weighted by Gasteiger charge is 2.32. The van der Waals surface area contributed by atoms with E-state index in [9.17, 15) is 14.7 Å². The van der Waals surface area contributed by atoms with E-state index in [1.54, 1.807) is 4.57 Å². The molecule has 7 nitrogen and oxygen atoms in total. The van der Waals surface area contributed by atoms with E-state index >= 15 is 4.39 Å². The summed E-state index contributed by atoms with van der Waals surface area (Å²) in [4.78, 5) is 26.0. The lowest BCUT2D eigenvalue weighted by molar-refractivity contribution is 0.0694. The van der Waals surface area contributed by atoms with Gasteiger partial charge in [-0.1, -0.05) is 6.07 Å². The highest BCUT2D eigenvalue weighted by molar-refractivity contribution is 5.97. The standard InChI is InChI=1S/C21H18FN3O4/c1-10-9-29-20-17-14(19(26)15(21(27)28)8-25(10)17)5-16(22)18(20)24-6-11-2-3-13(23)4-12(11)7-24/h2-5,8,10H,6-7,9,23H2,1H3,(H,27,28). The van der Waals surface area contributed by atoms with Crippen molar-refractivity contribution in [2.75, 3.05) is 17.2 Å². The number of ether oxygens (including phenoxy) is 1. The molecule has 0 spiro atoms. The number of benzene rings is 2. The van der Waals surface area contributed by atoms with Crippen molar-refractivity contribution in [3.63, 3.8) is 0 Å². The molecule has 148 valence electrons. The fourth-order valence-electron chi connectivity index (χ4n) is 4.23. The topological polar surface area (TPSA) is 97.8 Å². The summed E-state index contributed by atoms with van der Waals surface area (Å²) in [6, 6.07) is 6.54. The van der Waals surface area contributed by atoms with Crippen LogP contribution in [0.15, 0.2) is 35.3 Å². The van der Waals surface area contributed by atoms with E-state index in [1.165, 1.54) is 6.20 Å². The smallest absolute Gasteiger partial charge is 0.341 e. The number of halogens is 1. The van der Waals surface area contributed by atoms with Gasteiger partial charge >= 0.3 is 5.97 Å². The van der Waals surface area contributed by atoms with Gasteiger partial charge in [0.15, 0.2) is 11.6 Å². The number of fused-ring (bicyclic) bond motifs is 1. The SMILES string of the molecule is CC1COc2c(N3Cc4ccc(N)cc4C3)c(F)cc3c(=O)c(C(=O)O)cn1c23. The number of hydrogen-bond acceptors (Lipinski definition) is 5. The molecule has 1 unspecified atom stereocenters. The molecule has 5 rings (SSSR count). The van der Waals surface area contributed by atoms with E-state index in [1.807, 2.05) is 30.0 Å². The molecular formula is C21H18FN3O4. The Hall–Kier alpha value is -3.55. The summed E-state index contributed by atoms with van der Waals surface area (Å²) >= 11 is 0. The van der Waals surface area contributed by atoms with Gasteiger partial charge < -0.3 is 25.0 Å².